The minimum atomic E-state index is -1.26. The van der Waals surface area contributed by atoms with E-state index in [1.807, 2.05) is 4.68 Å². The molecule has 0 radical (unpaired) electrons. The van der Waals surface area contributed by atoms with Crippen LogP contribution in [-0.4, -0.2) is 78.6 Å². The largest absolute Gasteiger partial charge is 0.478 e. The van der Waals surface area contributed by atoms with E-state index in [9.17, 15) is 9.59 Å². The molecule has 0 atom stereocenters. The van der Waals surface area contributed by atoms with E-state index in [1.54, 1.807) is 19.6 Å². The summed E-state index contributed by atoms with van der Waals surface area (Å²) >= 11 is 5.14. The molecule has 0 unspecified atom stereocenters. The lowest BCUT2D eigenvalue weighted by Crippen LogP contribution is -2.28. The molecular formula is C19H27N7O4S. The standard InChI is InChI=1S/C15H23N7S.C4H4O4/c1-16-15(23)20-13-12-10-19-22(14(12)18-11-17-13)9-8-21-6-4-2-3-5-7-21;5-3(6)1-2-4(7)8/h10-11H,2-9H2,1H3,(H2,16,17,18,20,23);1-2H,(H,5,6)(H,7,8)/b;2-1-. The van der Waals surface area contributed by atoms with Crippen LogP contribution < -0.4 is 10.6 Å². The Morgan fingerprint density at radius 2 is 1.74 bits per heavy atom. The third-order valence-electron chi connectivity index (χ3n) is 4.59. The lowest BCUT2D eigenvalue weighted by Gasteiger charge is -2.19. The number of thiocarbonyl (C=S) groups is 1. The van der Waals surface area contributed by atoms with Crippen molar-refractivity contribution in [2.45, 2.75) is 32.2 Å². The maximum Gasteiger partial charge on any atom is 0.328 e. The van der Waals surface area contributed by atoms with Gasteiger partial charge < -0.3 is 25.7 Å². The Labute approximate surface area is 185 Å². The minimum absolute atomic E-state index is 0.530. The van der Waals surface area contributed by atoms with Crippen LogP contribution in [0.4, 0.5) is 5.82 Å². The Hall–Kier alpha value is -3.12. The van der Waals surface area contributed by atoms with E-state index in [2.05, 4.69) is 30.6 Å². The number of anilines is 1. The van der Waals surface area contributed by atoms with Gasteiger partial charge in [0.1, 0.15) is 12.1 Å². The van der Waals surface area contributed by atoms with Gasteiger partial charge in [-0.3, -0.25) is 0 Å². The topological polar surface area (TPSA) is 146 Å². The highest BCUT2D eigenvalue weighted by Crippen LogP contribution is 2.18. The van der Waals surface area contributed by atoms with Crippen molar-refractivity contribution in [1.82, 2.24) is 30.0 Å². The van der Waals surface area contributed by atoms with E-state index in [0.717, 1.165) is 24.1 Å². The number of nitrogens with zero attached hydrogens (tertiary/aromatic N) is 5. The molecule has 31 heavy (non-hydrogen) atoms. The van der Waals surface area contributed by atoms with Crippen molar-refractivity contribution < 1.29 is 19.8 Å². The molecule has 2 aromatic heterocycles. The third-order valence-corrected chi connectivity index (χ3v) is 4.89. The van der Waals surface area contributed by atoms with Gasteiger partial charge in [-0.2, -0.15) is 5.10 Å². The SMILES string of the molecule is CNC(=S)Nc1ncnc2c1cnn2CCN1CCCCCC1.O=C(O)/C=C\C(=O)O. The zero-order valence-corrected chi connectivity index (χ0v) is 18.1. The molecule has 0 bridgehead atoms. The van der Waals surface area contributed by atoms with Gasteiger partial charge >= 0.3 is 11.9 Å². The highest BCUT2D eigenvalue weighted by atomic mass is 32.1. The molecule has 0 spiro atoms. The first-order valence-electron chi connectivity index (χ1n) is 9.92. The van der Waals surface area contributed by atoms with Crippen LogP contribution in [-0.2, 0) is 16.1 Å². The lowest BCUT2D eigenvalue weighted by molar-refractivity contribution is -0.134. The molecule has 168 valence electrons. The summed E-state index contributed by atoms with van der Waals surface area (Å²) in [6, 6.07) is 0. The maximum atomic E-state index is 9.55. The summed E-state index contributed by atoms with van der Waals surface area (Å²) in [7, 11) is 1.78. The van der Waals surface area contributed by atoms with Gasteiger partial charge in [0.05, 0.1) is 18.1 Å². The maximum absolute atomic E-state index is 9.55. The zero-order chi connectivity index (χ0) is 22.6. The van der Waals surface area contributed by atoms with Gasteiger partial charge in [-0.1, -0.05) is 12.8 Å². The van der Waals surface area contributed by atoms with Crippen LogP contribution in [0.15, 0.2) is 24.7 Å². The highest BCUT2D eigenvalue weighted by molar-refractivity contribution is 7.80. The van der Waals surface area contributed by atoms with Crippen molar-refractivity contribution in [3.63, 3.8) is 0 Å². The molecule has 1 aliphatic rings. The number of rotatable bonds is 6. The van der Waals surface area contributed by atoms with Gasteiger partial charge in [-0.25, -0.2) is 24.2 Å². The fourth-order valence-electron chi connectivity index (χ4n) is 3.06. The number of carbonyl (C=O) groups is 2. The molecule has 4 N–H and O–H groups in total. The van der Waals surface area contributed by atoms with Crippen LogP contribution in [0, 0.1) is 0 Å². The molecule has 0 aliphatic carbocycles. The average molecular weight is 450 g/mol. The van der Waals surface area contributed by atoms with Crippen LogP contribution in [0.3, 0.4) is 0 Å². The van der Waals surface area contributed by atoms with Gasteiger partial charge in [0.15, 0.2) is 10.8 Å². The van der Waals surface area contributed by atoms with Crippen LogP contribution in [0.1, 0.15) is 25.7 Å². The number of fused-ring (bicyclic) bond motifs is 1. The minimum Gasteiger partial charge on any atom is -0.478 e. The fraction of sp³-hybridized carbons (Fsp3) is 0.474. The molecule has 2 aromatic rings. The molecule has 1 fully saturated rings. The van der Waals surface area contributed by atoms with Gasteiger partial charge in [0, 0.05) is 25.7 Å². The summed E-state index contributed by atoms with van der Waals surface area (Å²) in [5.41, 5.74) is 0.844. The Morgan fingerprint density at radius 1 is 1.10 bits per heavy atom. The summed E-state index contributed by atoms with van der Waals surface area (Å²) in [5, 5.41) is 27.5. The quantitative estimate of drug-likeness (QED) is 0.374. The summed E-state index contributed by atoms with van der Waals surface area (Å²) < 4.78 is 1.95. The van der Waals surface area contributed by atoms with E-state index in [4.69, 9.17) is 22.4 Å². The van der Waals surface area contributed by atoms with Crippen molar-refractivity contribution in [2.75, 3.05) is 32.0 Å². The zero-order valence-electron chi connectivity index (χ0n) is 17.3. The third kappa shape index (κ3) is 8.26. The van der Waals surface area contributed by atoms with Crippen molar-refractivity contribution in [1.29, 1.82) is 0 Å². The second kappa shape index (κ2) is 12.5. The molecular weight excluding hydrogens is 422 g/mol. The second-order valence-corrected chi connectivity index (χ2v) is 7.21. The van der Waals surface area contributed by atoms with E-state index in [1.165, 1.54) is 38.8 Å². The van der Waals surface area contributed by atoms with E-state index in [-0.39, 0.29) is 0 Å². The Bertz CT molecular complexity index is 907. The average Bonchev–Trinajstić information content (AvgIpc) is 2.98. The second-order valence-electron chi connectivity index (χ2n) is 6.80. The first kappa shape index (κ1) is 24.2. The predicted molar refractivity (Wildman–Crippen MR) is 120 cm³/mol. The number of aliphatic carboxylic acids is 2. The number of carboxylic acids is 2. The summed E-state index contributed by atoms with van der Waals surface area (Å²) in [6.45, 7) is 4.24. The molecule has 3 heterocycles. The normalized spacial score (nSPS) is 14.5. The number of nitrogens with one attached hydrogen (secondary N) is 2. The molecule has 1 saturated heterocycles. The molecule has 1 aliphatic heterocycles. The molecule has 12 heteroatoms. The molecule has 3 rings (SSSR count). The van der Waals surface area contributed by atoms with Crippen molar-refractivity contribution in [3.05, 3.63) is 24.7 Å². The fourth-order valence-corrected chi connectivity index (χ4v) is 3.16. The molecule has 0 saturated carbocycles. The van der Waals surface area contributed by atoms with Crippen molar-refractivity contribution >= 4 is 46.1 Å². The van der Waals surface area contributed by atoms with Crippen molar-refractivity contribution in [3.8, 4) is 0 Å². The summed E-state index contributed by atoms with van der Waals surface area (Å²) in [5.74, 6) is -1.82. The van der Waals surface area contributed by atoms with Crippen LogP contribution >= 0.6 is 12.2 Å². The summed E-state index contributed by atoms with van der Waals surface area (Å²) in [6.07, 6.45) is 9.79. The van der Waals surface area contributed by atoms with Gasteiger partial charge in [0.2, 0.25) is 0 Å². The first-order valence-corrected chi connectivity index (χ1v) is 10.3. The Kier molecular flexibility index (Phi) is 9.78. The molecule has 0 aromatic carbocycles. The Balaban J connectivity index is 0.000000366. The van der Waals surface area contributed by atoms with Crippen molar-refractivity contribution in [2.24, 2.45) is 0 Å². The van der Waals surface area contributed by atoms with Gasteiger partial charge in [-0.05, 0) is 38.1 Å². The summed E-state index contributed by atoms with van der Waals surface area (Å²) in [4.78, 5) is 30.3. The highest BCUT2D eigenvalue weighted by Gasteiger charge is 2.13. The van der Waals surface area contributed by atoms with E-state index >= 15 is 0 Å². The molecule has 0 amide bonds. The van der Waals surface area contributed by atoms with Gasteiger partial charge in [0.25, 0.3) is 0 Å². The van der Waals surface area contributed by atoms with Gasteiger partial charge in [-0.15, -0.1) is 0 Å². The number of likely N-dealkylation sites (tertiary alicyclic amines) is 1. The number of hydrogen-bond acceptors (Lipinski definition) is 7. The van der Waals surface area contributed by atoms with Crippen LogP contribution in [0.2, 0.25) is 0 Å². The smallest absolute Gasteiger partial charge is 0.328 e. The molecule has 11 nitrogen and oxygen atoms in total. The number of hydrogen-bond donors (Lipinski definition) is 4. The lowest BCUT2D eigenvalue weighted by atomic mass is 10.2. The monoisotopic (exact) mass is 449 g/mol. The van der Waals surface area contributed by atoms with Crippen LogP contribution in [0.25, 0.3) is 11.0 Å². The predicted octanol–water partition coefficient (Wildman–Crippen LogP) is 1.33. The van der Waals surface area contributed by atoms with E-state index in [0.29, 0.717) is 23.1 Å². The Morgan fingerprint density at radius 3 is 2.32 bits per heavy atom. The van der Waals surface area contributed by atoms with E-state index < -0.39 is 11.9 Å². The van der Waals surface area contributed by atoms with Crippen LogP contribution in [0.5, 0.6) is 0 Å². The number of aromatic nitrogens is 4. The first-order chi connectivity index (χ1) is 14.9. The number of carboxylic acid groups (broad SMARTS) is 2.